The number of anilines is 1. The number of nitrogens with two attached hydrogens (primary N) is 1. The molecule has 0 spiro atoms. The maximum absolute atomic E-state index is 10.1. The highest BCUT2D eigenvalue weighted by Crippen LogP contribution is 2.24. The molecule has 0 saturated carbocycles. The fourth-order valence-electron chi connectivity index (χ4n) is 1.32. The van der Waals surface area contributed by atoms with Crippen molar-refractivity contribution < 1.29 is 5.11 Å². The highest BCUT2D eigenvalue weighted by Gasteiger charge is 2.24. The van der Waals surface area contributed by atoms with E-state index >= 15 is 0 Å². The van der Waals surface area contributed by atoms with E-state index in [1.807, 2.05) is 6.92 Å². The third-order valence-electron chi connectivity index (χ3n) is 2.15. The molecule has 1 rings (SSSR count). The SMILES string of the molecule is CCNCC(C)(O)c1cnccc1N. The van der Waals surface area contributed by atoms with E-state index in [4.69, 9.17) is 5.73 Å². The van der Waals surface area contributed by atoms with Crippen molar-refractivity contribution in [1.29, 1.82) is 0 Å². The average molecular weight is 195 g/mol. The molecule has 4 N–H and O–H groups in total. The summed E-state index contributed by atoms with van der Waals surface area (Å²) in [4.78, 5) is 3.95. The summed E-state index contributed by atoms with van der Waals surface area (Å²) in [7, 11) is 0. The quantitative estimate of drug-likeness (QED) is 0.653. The Labute approximate surface area is 84.2 Å². The van der Waals surface area contributed by atoms with Gasteiger partial charge in [0.05, 0.1) is 0 Å². The number of nitrogen functional groups attached to an aromatic ring is 1. The first-order valence-electron chi connectivity index (χ1n) is 4.71. The number of hydrogen-bond donors (Lipinski definition) is 3. The third kappa shape index (κ3) is 2.43. The topological polar surface area (TPSA) is 71.2 Å². The molecular weight excluding hydrogens is 178 g/mol. The molecule has 0 aliphatic carbocycles. The number of aromatic nitrogens is 1. The van der Waals surface area contributed by atoms with Crippen molar-refractivity contribution >= 4 is 5.69 Å². The van der Waals surface area contributed by atoms with Gasteiger partial charge in [-0.05, 0) is 19.5 Å². The van der Waals surface area contributed by atoms with Gasteiger partial charge < -0.3 is 16.2 Å². The summed E-state index contributed by atoms with van der Waals surface area (Å²) in [6.45, 7) is 5.00. The van der Waals surface area contributed by atoms with Gasteiger partial charge in [-0.1, -0.05) is 6.92 Å². The molecule has 0 aliphatic rings. The first kappa shape index (κ1) is 10.9. The molecule has 4 heteroatoms. The second-order valence-corrected chi connectivity index (χ2v) is 3.52. The van der Waals surface area contributed by atoms with E-state index in [-0.39, 0.29) is 0 Å². The number of likely N-dealkylation sites (N-methyl/N-ethyl adjacent to an activating group) is 1. The minimum atomic E-state index is -0.964. The second-order valence-electron chi connectivity index (χ2n) is 3.52. The van der Waals surface area contributed by atoms with Gasteiger partial charge in [0.25, 0.3) is 0 Å². The van der Waals surface area contributed by atoms with E-state index < -0.39 is 5.60 Å². The summed E-state index contributed by atoms with van der Waals surface area (Å²) in [6.07, 6.45) is 3.22. The minimum absolute atomic E-state index is 0.472. The largest absolute Gasteiger partial charge is 0.398 e. The average Bonchev–Trinajstić information content (AvgIpc) is 2.15. The lowest BCUT2D eigenvalue weighted by Gasteiger charge is -2.24. The highest BCUT2D eigenvalue weighted by molar-refractivity contribution is 5.47. The van der Waals surface area contributed by atoms with Gasteiger partial charge in [-0.15, -0.1) is 0 Å². The van der Waals surface area contributed by atoms with Crippen molar-refractivity contribution in [2.24, 2.45) is 0 Å². The number of aliphatic hydroxyl groups is 1. The Hall–Kier alpha value is -1.13. The Morgan fingerprint density at radius 1 is 1.64 bits per heavy atom. The first-order valence-corrected chi connectivity index (χ1v) is 4.71. The van der Waals surface area contributed by atoms with Crippen molar-refractivity contribution in [2.45, 2.75) is 19.4 Å². The minimum Gasteiger partial charge on any atom is -0.398 e. The summed E-state index contributed by atoms with van der Waals surface area (Å²) < 4.78 is 0. The molecule has 1 atom stereocenters. The monoisotopic (exact) mass is 195 g/mol. The van der Waals surface area contributed by atoms with E-state index in [2.05, 4.69) is 10.3 Å². The van der Waals surface area contributed by atoms with Crippen LogP contribution in [0.25, 0.3) is 0 Å². The van der Waals surface area contributed by atoms with Crippen LogP contribution in [0.1, 0.15) is 19.4 Å². The van der Waals surface area contributed by atoms with Gasteiger partial charge in [-0.25, -0.2) is 0 Å². The molecule has 0 aromatic carbocycles. The zero-order valence-electron chi connectivity index (χ0n) is 8.62. The molecule has 0 saturated heterocycles. The van der Waals surface area contributed by atoms with Crippen LogP contribution in [0.3, 0.4) is 0 Å². The van der Waals surface area contributed by atoms with E-state index in [0.29, 0.717) is 17.8 Å². The van der Waals surface area contributed by atoms with E-state index in [1.54, 1.807) is 25.4 Å². The zero-order valence-corrected chi connectivity index (χ0v) is 8.62. The lowest BCUT2D eigenvalue weighted by atomic mass is 9.96. The smallest absolute Gasteiger partial charge is 0.103 e. The molecular formula is C10H17N3O. The number of nitrogens with one attached hydrogen (secondary N) is 1. The highest BCUT2D eigenvalue weighted by atomic mass is 16.3. The van der Waals surface area contributed by atoms with Crippen molar-refractivity contribution in [2.75, 3.05) is 18.8 Å². The summed E-state index contributed by atoms with van der Waals surface area (Å²) in [5.74, 6) is 0. The van der Waals surface area contributed by atoms with Gasteiger partial charge in [-0.2, -0.15) is 0 Å². The fourth-order valence-corrected chi connectivity index (χ4v) is 1.32. The van der Waals surface area contributed by atoms with Gasteiger partial charge in [0.2, 0.25) is 0 Å². The lowest BCUT2D eigenvalue weighted by Crippen LogP contribution is -2.36. The molecule has 0 radical (unpaired) electrons. The summed E-state index contributed by atoms with van der Waals surface area (Å²) in [5.41, 5.74) is 6.03. The van der Waals surface area contributed by atoms with Crippen molar-refractivity contribution in [1.82, 2.24) is 10.3 Å². The predicted octanol–water partition coefficient (Wildman–Crippen LogP) is 0.481. The molecule has 1 aromatic rings. The van der Waals surface area contributed by atoms with Gasteiger partial charge in [-0.3, -0.25) is 4.98 Å². The Balaban J connectivity index is 2.86. The summed E-state index contributed by atoms with van der Waals surface area (Å²) >= 11 is 0. The fraction of sp³-hybridized carbons (Fsp3) is 0.500. The van der Waals surface area contributed by atoms with Crippen LogP contribution >= 0.6 is 0 Å². The van der Waals surface area contributed by atoms with Gasteiger partial charge in [0, 0.05) is 30.2 Å². The number of nitrogens with zero attached hydrogens (tertiary/aromatic N) is 1. The lowest BCUT2D eigenvalue weighted by molar-refractivity contribution is 0.0580. The molecule has 4 nitrogen and oxygen atoms in total. The molecule has 1 aromatic heterocycles. The normalized spacial score (nSPS) is 15.1. The van der Waals surface area contributed by atoms with E-state index in [0.717, 1.165) is 6.54 Å². The predicted molar refractivity (Wildman–Crippen MR) is 56.8 cm³/mol. The summed E-state index contributed by atoms with van der Waals surface area (Å²) in [6, 6.07) is 1.69. The maximum Gasteiger partial charge on any atom is 0.103 e. The Bertz CT molecular complexity index is 299. The van der Waals surface area contributed by atoms with Crippen molar-refractivity contribution in [3.8, 4) is 0 Å². The third-order valence-corrected chi connectivity index (χ3v) is 2.15. The maximum atomic E-state index is 10.1. The van der Waals surface area contributed by atoms with E-state index in [1.165, 1.54) is 0 Å². The molecule has 0 amide bonds. The number of pyridine rings is 1. The van der Waals surface area contributed by atoms with Gasteiger partial charge in [0.15, 0.2) is 0 Å². The Morgan fingerprint density at radius 3 is 2.93 bits per heavy atom. The van der Waals surface area contributed by atoms with Crippen LogP contribution in [0.2, 0.25) is 0 Å². The number of rotatable bonds is 4. The molecule has 14 heavy (non-hydrogen) atoms. The van der Waals surface area contributed by atoms with Crippen molar-refractivity contribution in [3.05, 3.63) is 24.0 Å². The molecule has 1 unspecified atom stereocenters. The van der Waals surface area contributed by atoms with Gasteiger partial charge in [0.1, 0.15) is 5.60 Å². The summed E-state index contributed by atoms with van der Waals surface area (Å²) in [5, 5.41) is 13.2. The molecule has 0 bridgehead atoms. The molecule has 78 valence electrons. The molecule has 1 heterocycles. The van der Waals surface area contributed by atoms with Crippen LogP contribution in [-0.4, -0.2) is 23.2 Å². The molecule has 0 fully saturated rings. The Morgan fingerprint density at radius 2 is 2.36 bits per heavy atom. The first-order chi connectivity index (χ1) is 6.58. The van der Waals surface area contributed by atoms with Crippen LogP contribution in [0.5, 0.6) is 0 Å². The Kier molecular flexibility index (Phi) is 3.43. The van der Waals surface area contributed by atoms with Gasteiger partial charge >= 0.3 is 0 Å². The zero-order chi connectivity index (χ0) is 10.6. The van der Waals surface area contributed by atoms with Crippen LogP contribution in [0, 0.1) is 0 Å². The standard InChI is InChI=1S/C10H17N3O/c1-3-12-7-10(2,14)8-6-13-5-4-9(8)11/h4-6,12,14H,3,7H2,1-2H3,(H2,11,13). The van der Waals surface area contributed by atoms with Crippen molar-refractivity contribution in [3.63, 3.8) is 0 Å². The van der Waals surface area contributed by atoms with Crippen LogP contribution < -0.4 is 11.1 Å². The second kappa shape index (κ2) is 4.39. The van der Waals surface area contributed by atoms with Crippen LogP contribution in [0.15, 0.2) is 18.5 Å². The van der Waals surface area contributed by atoms with Crippen LogP contribution in [-0.2, 0) is 5.60 Å². The number of hydrogen-bond acceptors (Lipinski definition) is 4. The molecule has 0 aliphatic heterocycles. The van der Waals surface area contributed by atoms with Crippen LogP contribution in [0.4, 0.5) is 5.69 Å². The van der Waals surface area contributed by atoms with E-state index in [9.17, 15) is 5.11 Å².